The fraction of sp³-hybridized carbons (Fsp3) is 0.111. The van der Waals surface area contributed by atoms with E-state index in [1.165, 1.54) is 24.3 Å². The number of allylic oxidation sites excluding steroid dienone is 2. The van der Waals surface area contributed by atoms with Crippen LogP contribution in [-0.4, -0.2) is 9.85 Å². The van der Waals surface area contributed by atoms with E-state index in [-0.39, 0.29) is 11.4 Å². The molecule has 2 aromatic carbocycles. The van der Waals surface area contributed by atoms with Crippen molar-refractivity contribution in [1.29, 1.82) is 0 Å². The molecule has 0 N–H and O–H groups in total. The third-order valence-corrected chi connectivity index (χ3v) is 3.33. The van der Waals surface area contributed by atoms with Crippen LogP contribution in [-0.2, 0) is 0 Å². The van der Waals surface area contributed by atoms with Gasteiger partial charge < -0.3 is 0 Å². The summed E-state index contributed by atoms with van der Waals surface area (Å²) >= 11 is 0. The molecule has 0 unspecified atom stereocenters. The average molecular weight is 324 g/mol. The molecular weight excluding hydrogens is 308 g/mol. The molecule has 0 atom stereocenters. The number of rotatable bonds is 7. The highest BCUT2D eigenvalue weighted by Crippen LogP contribution is 2.14. The molecule has 2 rings (SSSR count). The smallest absolute Gasteiger partial charge is 0.258 e. The van der Waals surface area contributed by atoms with Crippen LogP contribution in [0.1, 0.15) is 24.0 Å². The molecule has 0 aromatic heterocycles. The number of nitro groups is 2. The molecule has 24 heavy (non-hydrogen) atoms. The van der Waals surface area contributed by atoms with E-state index in [4.69, 9.17) is 0 Å². The van der Waals surface area contributed by atoms with Gasteiger partial charge in [-0.05, 0) is 48.2 Å². The first-order valence-corrected chi connectivity index (χ1v) is 7.38. The van der Waals surface area contributed by atoms with Gasteiger partial charge in [-0.25, -0.2) is 0 Å². The van der Waals surface area contributed by atoms with E-state index < -0.39 is 9.85 Å². The van der Waals surface area contributed by atoms with Crippen molar-refractivity contribution in [3.63, 3.8) is 0 Å². The van der Waals surface area contributed by atoms with Gasteiger partial charge in [-0.2, -0.15) is 0 Å². The van der Waals surface area contributed by atoms with E-state index in [2.05, 4.69) is 0 Å². The van der Waals surface area contributed by atoms with Crippen molar-refractivity contribution in [2.75, 3.05) is 0 Å². The molecule has 0 amide bonds. The van der Waals surface area contributed by atoms with Crippen molar-refractivity contribution in [2.24, 2.45) is 0 Å². The first-order chi connectivity index (χ1) is 11.6. The second kappa shape index (κ2) is 8.38. The average Bonchev–Trinajstić information content (AvgIpc) is 2.58. The molecule has 0 spiro atoms. The van der Waals surface area contributed by atoms with E-state index in [1.807, 2.05) is 24.3 Å². The van der Waals surface area contributed by atoms with E-state index in [1.54, 1.807) is 24.3 Å². The lowest BCUT2D eigenvalue weighted by Gasteiger charge is -1.94. The standard InChI is InChI=1S/C18H16N2O4/c21-19(22)17-11-7-15(8-12-17)5-3-1-2-4-6-16-9-13-18(14-10-16)20(23)24/h3-14H,1-2H2. The van der Waals surface area contributed by atoms with Crippen molar-refractivity contribution in [3.05, 3.63) is 92.0 Å². The van der Waals surface area contributed by atoms with Crippen molar-refractivity contribution in [3.8, 4) is 0 Å². The maximum Gasteiger partial charge on any atom is 0.269 e. The fourth-order valence-electron chi connectivity index (χ4n) is 2.05. The van der Waals surface area contributed by atoms with Gasteiger partial charge in [0.15, 0.2) is 0 Å². The van der Waals surface area contributed by atoms with E-state index in [0.717, 1.165) is 24.0 Å². The summed E-state index contributed by atoms with van der Waals surface area (Å²) in [6.07, 6.45) is 9.51. The summed E-state index contributed by atoms with van der Waals surface area (Å²) in [6, 6.07) is 12.8. The summed E-state index contributed by atoms with van der Waals surface area (Å²) in [6.45, 7) is 0. The number of benzene rings is 2. The molecule has 0 saturated heterocycles. The minimum Gasteiger partial charge on any atom is -0.258 e. The molecule has 6 heteroatoms. The number of hydrogen-bond donors (Lipinski definition) is 0. The fourth-order valence-corrected chi connectivity index (χ4v) is 2.05. The van der Waals surface area contributed by atoms with Crippen LogP contribution in [0.5, 0.6) is 0 Å². The monoisotopic (exact) mass is 324 g/mol. The van der Waals surface area contributed by atoms with Gasteiger partial charge in [-0.3, -0.25) is 20.2 Å². The maximum absolute atomic E-state index is 10.6. The molecule has 0 bridgehead atoms. The number of unbranched alkanes of at least 4 members (excludes halogenated alkanes) is 1. The zero-order valence-electron chi connectivity index (χ0n) is 12.9. The first-order valence-electron chi connectivity index (χ1n) is 7.38. The van der Waals surface area contributed by atoms with Crippen LogP contribution in [0, 0.1) is 20.2 Å². The third kappa shape index (κ3) is 5.17. The van der Waals surface area contributed by atoms with Crippen LogP contribution in [0.4, 0.5) is 11.4 Å². The minimum atomic E-state index is -0.420. The highest BCUT2D eigenvalue weighted by atomic mass is 16.6. The van der Waals surface area contributed by atoms with Crippen molar-refractivity contribution in [1.82, 2.24) is 0 Å². The van der Waals surface area contributed by atoms with Crippen LogP contribution in [0.3, 0.4) is 0 Å². The Kier molecular flexibility index (Phi) is 5.96. The van der Waals surface area contributed by atoms with Crippen LogP contribution in [0.15, 0.2) is 60.7 Å². The molecule has 0 aliphatic carbocycles. The van der Waals surface area contributed by atoms with Crippen LogP contribution in [0.2, 0.25) is 0 Å². The number of nitro benzene ring substituents is 2. The zero-order valence-corrected chi connectivity index (χ0v) is 12.9. The number of non-ortho nitro benzene ring substituents is 2. The Morgan fingerprint density at radius 3 is 1.29 bits per heavy atom. The molecular formula is C18H16N2O4. The van der Waals surface area contributed by atoms with Crippen molar-refractivity contribution in [2.45, 2.75) is 12.8 Å². The van der Waals surface area contributed by atoms with Gasteiger partial charge in [0.1, 0.15) is 0 Å². The molecule has 6 nitrogen and oxygen atoms in total. The van der Waals surface area contributed by atoms with Gasteiger partial charge in [-0.1, -0.05) is 24.3 Å². The Hall–Kier alpha value is -3.28. The van der Waals surface area contributed by atoms with Gasteiger partial charge in [-0.15, -0.1) is 0 Å². The van der Waals surface area contributed by atoms with E-state index in [0.29, 0.717) is 0 Å². The molecule has 0 fully saturated rings. The molecule has 0 radical (unpaired) electrons. The summed E-state index contributed by atoms with van der Waals surface area (Å²) in [5.74, 6) is 0. The van der Waals surface area contributed by atoms with Gasteiger partial charge in [0.05, 0.1) is 9.85 Å². The lowest BCUT2D eigenvalue weighted by Crippen LogP contribution is -1.86. The first kappa shape index (κ1) is 17.1. The van der Waals surface area contributed by atoms with Gasteiger partial charge in [0.2, 0.25) is 0 Å². The molecule has 0 aliphatic rings. The summed E-state index contributed by atoms with van der Waals surface area (Å²) in [4.78, 5) is 20.3. The summed E-state index contributed by atoms with van der Waals surface area (Å²) < 4.78 is 0. The van der Waals surface area contributed by atoms with Gasteiger partial charge >= 0.3 is 0 Å². The predicted octanol–water partition coefficient (Wildman–Crippen LogP) is 5.01. The van der Waals surface area contributed by atoms with Gasteiger partial charge in [0, 0.05) is 24.3 Å². The Morgan fingerprint density at radius 1 is 0.667 bits per heavy atom. The zero-order chi connectivity index (χ0) is 17.4. The van der Waals surface area contributed by atoms with Crippen LogP contribution in [0.25, 0.3) is 12.2 Å². The summed E-state index contributed by atoms with van der Waals surface area (Å²) in [7, 11) is 0. The number of hydrogen-bond acceptors (Lipinski definition) is 4. The largest absolute Gasteiger partial charge is 0.269 e. The van der Waals surface area contributed by atoms with E-state index in [9.17, 15) is 20.2 Å². The van der Waals surface area contributed by atoms with Crippen LogP contribution >= 0.6 is 0 Å². The SMILES string of the molecule is O=[N+]([O-])c1ccc(C=CCCC=Cc2ccc([N+](=O)[O-])cc2)cc1. The normalized spacial score (nSPS) is 11.2. The highest BCUT2D eigenvalue weighted by Gasteiger charge is 2.02. The molecule has 0 aliphatic heterocycles. The maximum atomic E-state index is 10.6. The Labute approximate surface area is 139 Å². The lowest BCUT2D eigenvalue weighted by atomic mass is 10.1. The van der Waals surface area contributed by atoms with Crippen molar-refractivity contribution >= 4 is 23.5 Å². The second-order valence-corrected chi connectivity index (χ2v) is 5.08. The molecule has 2 aromatic rings. The lowest BCUT2D eigenvalue weighted by molar-refractivity contribution is -0.385. The predicted molar refractivity (Wildman–Crippen MR) is 93.5 cm³/mol. The van der Waals surface area contributed by atoms with Gasteiger partial charge in [0.25, 0.3) is 11.4 Å². The summed E-state index contributed by atoms with van der Waals surface area (Å²) in [5, 5.41) is 21.1. The van der Waals surface area contributed by atoms with E-state index >= 15 is 0 Å². The summed E-state index contributed by atoms with van der Waals surface area (Å²) in [5.41, 5.74) is 2.00. The Morgan fingerprint density at radius 2 is 1.00 bits per heavy atom. The second-order valence-electron chi connectivity index (χ2n) is 5.08. The topological polar surface area (TPSA) is 86.3 Å². The Balaban J connectivity index is 1.79. The minimum absolute atomic E-state index is 0.0816. The Bertz CT molecular complexity index is 695. The van der Waals surface area contributed by atoms with Crippen molar-refractivity contribution < 1.29 is 9.85 Å². The molecule has 0 heterocycles. The van der Waals surface area contributed by atoms with Crippen LogP contribution < -0.4 is 0 Å². The molecule has 122 valence electrons. The number of nitrogens with zero attached hydrogens (tertiary/aromatic N) is 2. The molecule has 0 saturated carbocycles. The highest BCUT2D eigenvalue weighted by molar-refractivity contribution is 5.53. The quantitative estimate of drug-likeness (QED) is 0.407. The third-order valence-electron chi connectivity index (χ3n) is 3.33.